The van der Waals surface area contributed by atoms with Crippen molar-refractivity contribution in [2.45, 2.75) is 0 Å². The van der Waals surface area contributed by atoms with Crippen LogP contribution in [0.15, 0.2) is 35.0 Å². The van der Waals surface area contributed by atoms with Crippen LogP contribution in [0.3, 0.4) is 0 Å². The van der Waals surface area contributed by atoms with Crippen LogP contribution < -0.4 is 5.73 Å². The van der Waals surface area contributed by atoms with Crippen LogP contribution in [0.4, 0.5) is 5.69 Å². The quantitative estimate of drug-likeness (QED) is 0.613. The number of aromatic nitrogens is 2. The molecule has 0 spiro atoms. The van der Waals surface area contributed by atoms with Crippen molar-refractivity contribution in [3.8, 4) is 11.3 Å². The van der Waals surface area contributed by atoms with Gasteiger partial charge in [-0.1, -0.05) is 0 Å². The van der Waals surface area contributed by atoms with Crippen LogP contribution in [-0.2, 0) is 0 Å². The van der Waals surface area contributed by atoms with Gasteiger partial charge in [0.05, 0.1) is 5.52 Å². The zero-order valence-electron chi connectivity index (χ0n) is 7.90. The smallest absolute Gasteiger partial charge is 0.101 e. The van der Waals surface area contributed by atoms with Crippen LogP contribution >= 0.6 is 11.3 Å². The molecule has 0 bridgehead atoms. The fraction of sp³-hybridized carbons (Fsp3) is 0. The summed E-state index contributed by atoms with van der Waals surface area (Å²) in [5, 5.41) is 12.5. The number of aromatic amines is 1. The van der Waals surface area contributed by atoms with Crippen LogP contribution in [0.5, 0.6) is 0 Å². The number of rotatable bonds is 1. The van der Waals surface area contributed by atoms with Crippen LogP contribution in [0.2, 0.25) is 0 Å². The number of hydrogen-bond donors (Lipinski definition) is 2. The van der Waals surface area contributed by atoms with Crippen molar-refractivity contribution in [3.05, 3.63) is 35.0 Å². The Morgan fingerprint density at radius 2 is 2.20 bits per heavy atom. The first kappa shape index (κ1) is 8.49. The maximum atomic E-state index is 5.77. The van der Waals surface area contributed by atoms with E-state index in [1.165, 1.54) is 0 Å². The van der Waals surface area contributed by atoms with E-state index < -0.39 is 0 Å². The number of nitrogen functional groups attached to an aromatic ring is 1. The van der Waals surface area contributed by atoms with Crippen molar-refractivity contribution in [3.63, 3.8) is 0 Å². The monoisotopic (exact) mass is 215 g/mol. The van der Waals surface area contributed by atoms with Gasteiger partial charge in [0.15, 0.2) is 0 Å². The summed E-state index contributed by atoms with van der Waals surface area (Å²) >= 11 is 1.67. The molecule has 0 amide bonds. The fourth-order valence-corrected chi connectivity index (χ4v) is 2.29. The molecule has 2 heterocycles. The van der Waals surface area contributed by atoms with Gasteiger partial charge in [0.2, 0.25) is 0 Å². The number of nitrogens with two attached hydrogens (primary N) is 1. The first-order valence-electron chi connectivity index (χ1n) is 4.61. The molecular weight excluding hydrogens is 206 g/mol. The second-order valence-electron chi connectivity index (χ2n) is 3.39. The summed E-state index contributed by atoms with van der Waals surface area (Å²) in [6, 6.07) is 7.83. The van der Waals surface area contributed by atoms with Gasteiger partial charge in [0, 0.05) is 22.0 Å². The molecule has 74 valence electrons. The normalized spacial score (nSPS) is 10.9. The summed E-state index contributed by atoms with van der Waals surface area (Å²) in [4.78, 5) is 0. The Hall–Kier alpha value is -1.81. The summed E-state index contributed by atoms with van der Waals surface area (Å²) in [5.41, 5.74) is 9.66. The average molecular weight is 215 g/mol. The SMILES string of the molecule is Nc1ccc2[nH]nc(-c3ccsc3)c2c1. The highest BCUT2D eigenvalue weighted by atomic mass is 32.1. The van der Waals surface area contributed by atoms with Gasteiger partial charge >= 0.3 is 0 Å². The molecule has 3 rings (SSSR count). The molecule has 0 atom stereocenters. The second kappa shape index (κ2) is 3.10. The van der Waals surface area contributed by atoms with Crippen molar-refractivity contribution in [2.75, 3.05) is 5.73 Å². The molecule has 0 aliphatic heterocycles. The van der Waals surface area contributed by atoms with Gasteiger partial charge in [-0.05, 0) is 29.6 Å². The lowest BCUT2D eigenvalue weighted by Gasteiger charge is -1.94. The van der Waals surface area contributed by atoms with E-state index in [4.69, 9.17) is 5.73 Å². The molecule has 0 saturated heterocycles. The van der Waals surface area contributed by atoms with Crippen molar-refractivity contribution in [1.82, 2.24) is 10.2 Å². The van der Waals surface area contributed by atoms with Crippen LogP contribution in [0.25, 0.3) is 22.2 Å². The highest BCUT2D eigenvalue weighted by molar-refractivity contribution is 7.08. The Kier molecular flexibility index (Phi) is 1.76. The van der Waals surface area contributed by atoms with Gasteiger partial charge in [0.25, 0.3) is 0 Å². The van der Waals surface area contributed by atoms with E-state index in [0.717, 1.165) is 27.8 Å². The standard InChI is InChI=1S/C11H9N3S/c12-8-1-2-10-9(5-8)11(14-13-10)7-3-4-15-6-7/h1-6H,12H2,(H,13,14). The van der Waals surface area contributed by atoms with E-state index in [1.54, 1.807) is 11.3 Å². The average Bonchev–Trinajstić information content (AvgIpc) is 2.83. The van der Waals surface area contributed by atoms with Crippen molar-refractivity contribution in [2.24, 2.45) is 0 Å². The number of nitrogens with one attached hydrogen (secondary N) is 1. The highest BCUT2D eigenvalue weighted by Gasteiger charge is 2.07. The zero-order valence-corrected chi connectivity index (χ0v) is 8.71. The number of benzene rings is 1. The molecule has 1 aromatic carbocycles. The summed E-state index contributed by atoms with van der Waals surface area (Å²) in [6.07, 6.45) is 0. The minimum Gasteiger partial charge on any atom is -0.399 e. The third-order valence-electron chi connectivity index (χ3n) is 2.38. The predicted octanol–water partition coefficient (Wildman–Crippen LogP) is 2.87. The maximum Gasteiger partial charge on any atom is 0.101 e. The topological polar surface area (TPSA) is 54.7 Å². The number of hydrogen-bond acceptors (Lipinski definition) is 3. The Balaban J connectivity index is 2.32. The van der Waals surface area contributed by atoms with Crippen molar-refractivity contribution >= 4 is 27.9 Å². The van der Waals surface area contributed by atoms with Crippen LogP contribution in [0.1, 0.15) is 0 Å². The summed E-state index contributed by atoms with van der Waals surface area (Å²) in [6.45, 7) is 0. The lowest BCUT2D eigenvalue weighted by Crippen LogP contribution is -1.82. The van der Waals surface area contributed by atoms with Gasteiger partial charge in [-0.25, -0.2) is 0 Å². The lowest BCUT2D eigenvalue weighted by atomic mass is 10.1. The Morgan fingerprint density at radius 1 is 1.27 bits per heavy atom. The molecule has 0 aliphatic carbocycles. The zero-order chi connectivity index (χ0) is 10.3. The summed E-state index contributed by atoms with van der Waals surface area (Å²) in [5.74, 6) is 0. The van der Waals surface area contributed by atoms with Crippen molar-refractivity contribution < 1.29 is 0 Å². The maximum absolute atomic E-state index is 5.77. The Labute approximate surface area is 90.5 Å². The van der Waals surface area contributed by atoms with Gasteiger partial charge in [-0.3, -0.25) is 5.10 Å². The number of nitrogens with zero attached hydrogens (tertiary/aromatic N) is 1. The lowest BCUT2D eigenvalue weighted by molar-refractivity contribution is 1.12. The second-order valence-corrected chi connectivity index (χ2v) is 4.17. The van der Waals surface area contributed by atoms with E-state index in [0.29, 0.717) is 0 Å². The van der Waals surface area contributed by atoms with E-state index in [9.17, 15) is 0 Å². The summed E-state index contributed by atoms with van der Waals surface area (Å²) < 4.78 is 0. The molecule has 0 unspecified atom stereocenters. The molecule has 2 aromatic heterocycles. The molecule has 0 radical (unpaired) electrons. The fourth-order valence-electron chi connectivity index (χ4n) is 1.65. The van der Waals surface area contributed by atoms with Crippen molar-refractivity contribution in [1.29, 1.82) is 0 Å². The molecule has 0 aliphatic rings. The third-order valence-corrected chi connectivity index (χ3v) is 3.06. The molecule has 15 heavy (non-hydrogen) atoms. The number of thiophene rings is 1. The van der Waals surface area contributed by atoms with E-state index in [-0.39, 0.29) is 0 Å². The molecule has 3 N–H and O–H groups in total. The third kappa shape index (κ3) is 1.30. The van der Waals surface area contributed by atoms with Gasteiger partial charge < -0.3 is 5.73 Å². The van der Waals surface area contributed by atoms with Crippen LogP contribution in [0, 0.1) is 0 Å². The number of fused-ring (bicyclic) bond motifs is 1. The van der Waals surface area contributed by atoms with Gasteiger partial charge in [0.1, 0.15) is 5.69 Å². The van der Waals surface area contributed by atoms with E-state index in [2.05, 4.69) is 21.6 Å². The molecular formula is C11H9N3S. The Morgan fingerprint density at radius 3 is 3.00 bits per heavy atom. The molecule has 0 fully saturated rings. The molecule has 4 heteroatoms. The summed E-state index contributed by atoms with van der Waals surface area (Å²) in [7, 11) is 0. The number of H-pyrrole nitrogens is 1. The minimum absolute atomic E-state index is 0.764. The Bertz CT molecular complexity index is 595. The first-order chi connectivity index (χ1) is 7.34. The van der Waals surface area contributed by atoms with E-state index >= 15 is 0 Å². The largest absolute Gasteiger partial charge is 0.399 e. The highest BCUT2D eigenvalue weighted by Crippen LogP contribution is 2.28. The predicted molar refractivity (Wildman–Crippen MR) is 63.8 cm³/mol. The molecule has 0 saturated carbocycles. The van der Waals surface area contributed by atoms with E-state index in [1.807, 2.05) is 23.6 Å². The first-order valence-corrected chi connectivity index (χ1v) is 5.55. The van der Waals surface area contributed by atoms with Crippen LogP contribution in [-0.4, -0.2) is 10.2 Å². The minimum atomic E-state index is 0.764. The molecule has 3 nitrogen and oxygen atoms in total. The number of anilines is 1. The van der Waals surface area contributed by atoms with Gasteiger partial charge in [-0.15, -0.1) is 0 Å². The van der Waals surface area contributed by atoms with Gasteiger partial charge in [-0.2, -0.15) is 16.4 Å². The molecule has 3 aromatic rings.